The first-order chi connectivity index (χ1) is 18.6. The van der Waals surface area contributed by atoms with Gasteiger partial charge in [-0.15, -0.1) is 0 Å². The van der Waals surface area contributed by atoms with Crippen molar-refractivity contribution in [3.8, 4) is 0 Å². The molecule has 0 aromatic carbocycles. The molecule has 210 valence electrons. The van der Waals surface area contributed by atoms with Gasteiger partial charge in [0.25, 0.3) is 0 Å². The SMILES string of the molecule is COCc1cc2c(Nc3cc([C@H]4C[C@@H](OC(=O)NC56CC(C5)[C@@H]6C)CO4)nn3COP(=O)(O)O)nccn2n1. The third-order valence-corrected chi connectivity index (χ3v) is 8.32. The van der Waals surface area contributed by atoms with Crippen molar-refractivity contribution in [3.63, 3.8) is 0 Å². The molecule has 4 aliphatic rings. The van der Waals surface area contributed by atoms with Crippen molar-refractivity contribution in [1.29, 1.82) is 0 Å². The summed E-state index contributed by atoms with van der Waals surface area (Å²) in [5.41, 5.74) is 1.72. The number of aromatic nitrogens is 5. The number of phosphoric acid groups is 1. The van der Waals surface area contributed by atoms with Gasteiger partial charge in [0.2, 0.25) is 0 Å². The van der Waals surface area contributed by atoms with Gasteiger partial charge in [-0.05, 0) is 30.7 Å². The molecule has 3 aromatic heterocycles. The number of rotatable bonds is 10. The zero-order valence-electron chi connectivity index (χ0n) is 21.4. The molecule has 3 aromatic rings. The quantitative estimate of drug-likeness (QED) is 0.264. The number of carbonyl (C=O) groups is 1. The molecule has 0 spiro atoms. The van der Waals surface area contributed by atoms with E-state index in [1.165, 1.54) is 4.68 Å². The number of fused-ring (bicyclic) bond motifs is 1. The minimum atomic E-state index is -4.76. The Balaban J connectivity index is 1.17. The molecule has 16 heteroatoms. The van der Waals surface area contributed by atoms with Crippen LogP contribution in [0.15, 0.2) is 24.5 Å². The number of amides is 1. The Labute approximate surface area is 223 Å². The molecule has 3 aliphatic carbocycles. The van der Waals surface area contributed by atoms with E-state index in [0.29, 0.717) is 53.4 Å². The predicted octanol–water partition coefficient (Wildman–Crippen LogP) is 2.24. The molecule has 1 amide bonds. The van der Waals surface area contributed by atoms with Gasteiger partial charge in [0.15, 0.2) is 12.5 Å². The van der Waals surface area contributed by atoms with E-state index in [-0.39, 0.29) is 12.1 Å². The molecular weight excluding hydrogens is 533 g/mol. The number of anilines is 2. The highest BCUT2D eigenvalue weighted by Gasteiger charge is 2.64. The van der Waals surface area contributed by atoms with Crippen LogP contribution in [0.2, 0.25) is 0 Å². The van der Waals surface area contributed by atoms with Gasteiger partial charge in [0.1, 0.15) is 23.5 Å². The second kappa shape index (κ2) is 9.84. The molecule has 7 rings (SSSR count). The van der Waals surface area contributed by atoms with Crippen LogP contribution in [0.1, 0.15) is 43.7 Å². The molecule has 3 saturated carbocycles. The topological polar surface area (TPSA) is 184 Å². The largest absolute Gasteiger partial charge is 0.471 e. The lowest BCUT2D eigenvalue weighted by Crippen LogP contribution is -2.74. The molecule has 3 atom stereocenters. The van der Waals surface area contributed by atoms with E-state index in [9.17, 15) is 19.1 Å². The first-order valence-corrected chi connectivity index (χ1v) is 14.1. The van der Waals surface area contributed by atoms with Crippen LogP contribution in [-0.4, -0.2) is 65.6 Å². The molecule has 4 heterocycles. The Kier molecular flexibility index (Phi) is 6.60. The third kappa shape index (κ3) is 5.13. The fraction of sp³-hybridized carbons (Fsp3) is 0.565. The minimum Gasteiger partial charge on any atom is -0.444 e. The average Bonchev–Trinajstić information content (AvgIpc) is 3.59. The highest BCUT2D eigenvalue weighted by atomic mass is 31.2. The molecular formula is C23H30N7O8P. The van der Waals surface area contributed by atoms with Crippen LogP contribution in [-0.2, 0) is 36.6 Å². The fourth-order valence-corrected chi connectivity index (χ4v) is 5.81. The predicted molar refractivity (Wildman–Crippen MR) is 134 cm³/mol. The van der Waals surface area contributed by atoms with E-state index in [0.717, 1.165) is 12.8 Å². The summed E-state index contributed by atoms with van der Waals surface area (Å²) in [6.07, 6.45) is 4.26. The van der Waals surface area contributed by atoms with E-state index >= 15 is 0 Å². The van der Waals surface area contributed by atoms with Crippen LogP contribution in [0, 0.1) is 11.8 Å². The number of nitrogens with zero attached hydrogens (tertiary/aromatic N) is 5. The van der Waals surface area contributed by atoms with E-state index in [2.05, 4.69) is 32.7 Å². The second-order valence-electron chi connectivity index (χ2n) is 10.3. The molecule has 2 bridgehead atoms. The normalized spacial score (nSPS) is 27.7. The lowest BCUT2D eigenvalue weighted by Gasteiger charge is -2.67. The smallest absolute Gasteiger partial charge is 0.444 e. The number of carbonyl (C=O) groups excluding carboxylic acids is 1. The zero-order chi connectivity index (χ0) is 27.4. The van der Waals surface area contributed by atoms with Crippen LogP contribution >= 0.6 is 7.82 Å². The molecule has 1 aliphatic heterocycles. The van der Waals surface area contributed by atoms with Gasteiger partial charge in [-0.2, -0.15) is 10.2 Å². The van der Waals surface area contributed by atoms with Crippen LogP contribution in [0.4, 0.5) is 16.4 Å². The Hall–Kier alpha value is -3.07. The van der Waals surface area contributed by atoms with E-state index in [4.69, 9.17) is 18.7 Å². The summed E-state index contributed by atoms with van der Waals surface area (Å²) in [7, 11) is -3.19. The number of phosphoric ester groups is 1. The fourth-order valence-electron chi connectivity index (χ4n) is 5.55. The monoisotopic (exact) mass is 563 g/mol. The van der Waals surface area contributed by atoms with Gasteiger partial charge >= 0.3 is 13.9 Å². The number of methoxy groups -OCH3 is 1. The van der Waals surface area contributed by atoms with Gasteiger partial charge in [0, 0.05) is 37.5 Å². The number of nitrogens with one attached hydrogen (secondary N) is 2. The molecule has 39 heavy (non-hydrogen) atoms. The van der Waals surface area contributed by atoms with Crippen molar-refractivity contribution in [2.45, 2.75) is 57.3 Å². The van der Waals surface area contributed by atoms with E-state index < -0.39 is 32.9 Å². The second-order valence-corrected chi connectivity index (χ2v) is 11.6. The Morgan fingerprint density at radius 2 is 2.13 bits per heavy atom. The summed E-state index contributed by atoms with van der Waals surface area (Å²) in [4.78, 5) is 35.3. The number of hydrogen-bond donors (Lipinski definition) is 4. The molecule has 0 unspecified atom stereocenters. The summed E-state index contributed by atoms with van der Waals surface area (Å²) in [6.45, 7) is 2.14. The van der Waals surface area contributed by atoms with Crippen molar-refractivity contribution < 1.29 is 37.9 Å². The molecule has 4 fully saturated rings. The molecule has 0 radical (unpaired) electrons. The number of alkyl carbamates (subject to hydrolysis) is 1. The lowest BCUT2D eigenvalue weighted by molar-refractivity contribution is -0.122. The molecule has 1 saturated heterocycles. The van der Waals surface area contributed by atoms with Crippen molar-refractivity contribution in [3.05, 3.63) is 35.9 Å². The summed E-state index contributed by atoms with van der Waals surface area (Å²) < 4.78 is 35.6. The first kappa shape index (κ1) is 26.2. The Bertz CT molecular complexity index is 1430. The van der Waals surface area contributed by atoms with Crippen LogP contribution < -0.4 is 10.6 Å². The van der Waals surface area contributed by atoms with Crippen LogP contribution in [0.3, 0.4) is 0 Å². The van der Waals surface area contributed by atoms with Gasteiger partial charge < -0.3 is 34.6 Å². The first-order valence-electron chi connectivity index (χ1n) is 12.6. The van der Waals surface area contributed by atoms with Gasteiger partial charge in [-0.1, -0.05) is 6.92 Å². The van der Waals surface area contributed by atoms with E-state index in [1.807, 2.05) is 6.07 Å². The minimum absolute atomic E-state index is 0.116. The van der Waals surface area contributed by atoms with Crippen molar-refractivity contribution in [2.24, 2.45) is 11.8 Å². The van der Waals surface area contributed by atoms with Gasteiger partial charge in [-0.25, -0.2) is 23.5 Å². The maximum absolute atomic E-state index is 12.5. The maximum atomic E-state index is 12.5. The van der Waals surface area contributed by atoms with Crippen molar-refractivity contribution in [2.75, 3.05) is 19.0 Å². The van der Waals surface area contributed by atoms with Crippen molar-refractivity contribution >= 4 is 31.1 Å². The highest BCUT2D eigenvalue weighted by molar-refractivity contribution is 7.46. The summed E-state index contributed by atoms with van der Waals surface area (Å²) in [5, 5.41) is 15.1. The standard InChI is InChI=1S/C23H30N7O8P/c1-13-14-8-23(13,9-14)26-22(31)38-16-6-19(36-11-16)17-7-20(30(28-17)12-37-39(32,33)34)25-21-18-5-15(10-35-2)27-29(18)4-3-24-21/h3-5,7,13-14,16,19H,6,8-12H2,1-2H3,(H,24,25)(H,26,31)(H2,32,33,34)/t13-,14?,16+,19+,23?/m0/s1. The summed E-state index contributed by atoms with van der Waals surface area (Å²) >= 11 is 0. The highest BCUT2D eigenvalue weighted by Crippen LogP contribution is 2.61. The third-order valence-electron chi connectivity index (χ3n) is 7.87. The summed E-state index contributed by atoms with van der Waals surface area (Å²) in [6, 6.07) is 3.49. The Morgan fingerprint density at radius 1 is 1.31 bits per heavy atom. The average molecular weight is 564 g/mol. The van der Waals surface area contributed by atoms with Gasteiger partial charge in [-0.3, -0.25) is 4.52 Å². The van der Waals surface area contributed by atoms with Crippen LogP contribution in [0.5, 0.6) is 0 Å². The van der Waals surface area contributed by atoms with Crippen LogP contribution in [0.25, 0.3) is 5.52 Å². The number of ether oxygens (including phenoxy) is 3. The summed E-state index contributed by atoms with van der Waals surface area (Å²) in [5.74, 6) is 1.99. The van der Waals surface area contributed by atoms with E-state index in [1.54, 1.807) is 30.1 Å². The molecule has 4 N–H and O–H groups in total. The van der Waals surface area contributed by atoms with Gasteiger partial charge in [0.05, 0.1) is 24.6 Å². The lowest BCUT2D eigenvalue weighted by atomic mass is 9.43. The zero-order valence-corrected chi connectivity index (χ0v) is 22.3. The number of hydrogen-bond acceptors (Lipinski definition) is 10. The van der Waals surface area contributed by atoms with Crippen molar-refractivity contribution in [1.82, 2.24) is 29.7 Å². The molecule has 15 nitrogen and oxygen atoms in total. The maximum Gasteiger partial charge on any atom is 0.471 e. The Morgan fingerprint density at radius 3 is 2.82 bits per heavy atom.